The number of nitrogens with zero attached hydrogens (tertiary/aromatic N) is 1. The summed E-state index contributed by atoms with van der Waals surface area (Å²) >= 11 is 0. The van der Waals surface area contributed by atoms with Crippen molar-refractivity contribution in [2.75, 3.05) is 20.8 Å². The van der Waals surface area contributed by atoms with Crippen LogP contribution in [0.3, 0.4) is 0 Å². The van der Waals surface area contributed by atoms with Gasteiger partial charge in [-0.25, -0.2) is 4.79 Å². The van der Waals surface area contributed by atoms with Gasteiger partial charge in [-0.1, -0.05) is 0 Å². The minimum absolute atomic E-state index is 0.262. The molecule has 6 heteroatoms. The molecule has 0 aliphatic rings. The van der Waals surface area contributed by atoms with Gasteiger partial charge in [0.2, 0.25) is 0 Å². The number of alkyl carbamates (subject to hydrolysis) is 1. The number of nitrogens with one attached hydrogen (secondary N) is 1. The molecule has 0 unspecified atom stereocenters. The van der Waals surface area contributed by atoms with Gasteiger partial charge in [-0.2, -0.15) is 5.26 Å². The molecular formula is C14H16N2O4. The molecule has 1 N–H and O–H groups in total. The van der Waals surface area contributed by atoms with Crippen LogP contribution in [0.15, 0.2) is 24.4 Å². The summed E-state index contributed by atoms with van der Waals surface area (Å²) in [6.07, 6.45) is 0.680. The molecule has 0 saturated carbocycles. The second-order valence-corrected chi connectivity index (χ2v) is 3.60. The minimum Gasteiger partial charge on any atom is -0.493 e. The molecule has 0 atom stereocenters. The van der Waals surface area contributed by atoms with Crippen LogP contribution in [0, 0.1) is 11.3 Å². The second-order valence-electron chi connectivity index (χ2n) is 3.60. The quantitative estimate of drug-likeness (QED) is 0.835. The Balaban J connectivity index is 2.98. The maximum atomic E-state index is 11.2. The van der Waals surface area contributed by atoms with E-state index in [1.54, 1.807) is 25.1 Å². The van der Waals surface area contributed by atoms with Crippen LogP contribution in [-0.4, -0.2) is 26.9 Å². The van der Waals surface area contributed by atoms with E-state index in [4.69, 9.17) is 19.5 Å². The molecule has 0 fully saturated rings. The van der Waals surface area contributed by atoms with E-state index in [0.717, 1.165) is 0 Å². The fourth-order valence-corrected chi connectivity index (χ4v) is 1.49. The summed E-state index contributed by atoms with van der Waals surface area (Å²) in [5.74, 6) is 1.06. The summed E-state index contributed by atoms with van der Waals surface area (Å²) in [5.41, 5.74) is 0.876. The van der Waals surface area contributed by atoms with Gasteiger partial charge in [-0.15, -0.1) is 0 Å². The van der Waals surface area contributed by atoms with Gasteiger partial charge in [0, 0.05) is 6.20 Å². The van der Waals surface area contributed by atoms with E-state index >= 15 is 0 Å². The Morgan fingerprint density at radius 3 is 2.60 bits per heavy atom. The topological polar surface area (TPSA) is 80.6 Å². The maximum absolute atomic E-state index is 11.2. The highest BCUT2D eigenvalue weighted by Gasteiger charge is 2.08. The van der Waals surface area contributed by atoms with Crippen molar-refractivity contribution < 1.29 is 19.0 Å². The average molecular weight is 276 g/mol. The van der Waals surface area contributed by atoms with Crippen LogP contribution in [0.1, 0.15) is 12.5 Å². The molecule has 1 rings (SSSR count). The minimum atomic E-state index is -0.610. The van der Waals surface area contributed by atoms with Crippen molar-refractivity contribution in [2.45, 2.75) is 6.92 Å². The largest absolute Gasteiger partial charge is 0.493 e. The van der Waals surface area contributed by atoms with Crippen molar-refractivity contribution in [3.63, 3.8) is 0 Å². The van der Waals surface area contributed by atoms with Crippen LogP contribution in [-0.2, 0) is 4.74 Å². The first-order chi connectivity index (χ1) is 9.65. The molecule has 0 heterocycles. The zero-order valence-corrected chi connectivity index (χ0v) is 11.6. The van der Waals surface area contributed by atoms with Crippen LogP contribution >= 0.6 is 0 Å². The number of carbonyl (C=O) groups excluding carboxylic acids is 1. The number of ether oxygens (including phenoxy) is 3. The molecule has 0 aliphatic heterocycles. The van der Waals surface area contributed by atoms with Gasteiger partial charge in [0.15, 0.2) is 11.5 Å². The fraction of sp³-hybridized carbons (Fsp3) is 0.286. The predicted molar refractivity (Wildman–Crippen MR) is 73.3 cm³/mol. The highest BCUT2D eigenvalue weighted by molar-refractivity contribution is 5.80. The lowest BCUT2D eigenvalue weighted by Crippen LogP contribution is -2.18. The van der Waals surface area contributed by atoms with Gasteiger partial charge < -0.3 is 14.2 Å². The zero-order valence-electron chi connectivity index (χ0n) is 11.6. The second kappa shape index (κ2) is 7.69. The van der Waals surface area contributed by atoms with Crippen LogP contribution in [0.4, 0.5) is 4.79 Å². The average Bonchev–Trinajstić information content (AvgIpc) is 2.47. The van der Waals surface area contributed by atoms with E-state index in [2.05, 4.69) is 5.32 Å². The summed E-state index contributed by atoms with van der Waals surface area (Å²) in [5, 5.41) is 11.5. The molecule has 1 aromatic rings. The smallest absolute Gasteiger partial charge is 0.411 e. The van der Waals surface area contributed by atoms with Crippen LogP contribution in [0.2, 0.25) is 0 Å². The lowest BCUT2D eigenvalue weighted by atomic mass is 10.1. The van der Waals surface area contributed by atoms with Crippen LogP contribution in [0.5, 0.6) is 11.5 Å². The molecule has 0 saturated heterocycles. The van der Waals surface area contributed by atoms with E-state index < -0.39 is 6.09 Å². The number of methoxy groups -OCH3 is 2. The Kier molecular flexibility index (Phi) is 5.91. The van der Waals surface area contributed by atoms with Gasteiger partial charge >= 0.3 is 6.09 Å². The first-order valence-electron chi connectivity index (χ1n) is 5.92. The Labute approximate surface area is 117 Å². The number of allylic oxidation sites excluding steroid dienone is 1. The third-order valence-corrected chi connectivity index (χ3v) is 2.42. The summed E-state index contributed by atoms with van der Waals surface area (Å²) in [6.45, 7) is 1.96. The van der Waals surface area contributed by atoms with Crippen LogP contribution in [0.25, 0.3) is 5.57 Å². The predicted octanol–water partition coefficient (Wildman–Crippen LogP) is 2.31. The normalized spacial score (nSPS) is 10.4. The van der Waals surface area contributed by atoms with Crippen molar-refractivity contribution in [3.05, 3.63) is 30.0 Å². The van der Waals surface area contributed by atoms with Crippen molar-refractivity contribution in [1.29, 1.82) is 5.26 Å². The van der Waals surface area contributed by atoms with E-state index in [1.165, 1.54) is 20.4 Å². The number of carbonyl (C=O) groups is 1. The summed E-state index contributed by atoms with van der Waals surface area (Å²) < 4.78 is 15.0. The third-order valence-electron chi connectivity index (χ3n) is 2.42. The van der Waals surface area contributed by atoms with E-state index in [-0.39, 0.29) is 12.2 Å². The first kappa shape index (κ1) is 15.4. The Morgan fingerprint density at radius 2 is 2.05 bits per heavy atom. The van der Waals surface area contributed by atoms with Crippen molar-refractivity contribution in [3.8, 4) is 17.6 Å². The lowest BCUT2D eigenvalue weighted by molar-refractivity contribution is 0.156. The first-order valence-corrected chi connectivity index (χ1v) is 5.92. The number of rotatable bonds is 5. The van der Waals surface area contributed by atoms with Gasteiger partial charge in [-0.3, -0.25) is 5.32 Å². The SMILES string of the molecule is CCOC(=O)NC=C(C#N)c1ccc(OC)c(OC)c1. The molecule has 0 aromatic heterocycles. The Bertz CT molecular complexity index is 547. The van der Waals surface area contributed by atoms with Crippen molar-refractivity contribution in [1.82, 2.24) is 5.32 Å². The molecule has 0 aliphatic carbocycles. The molecule has 6 nitrogen and oxygen atoms in total. The van der Waals surface area contributed by atoms with E-state index in [9.17, 15) is 4.79 Å². The maximum Gasteiger partial charge on any atom is 0.411 e. The van der Waals surface area contributed by atoms with Gasteiger partial charge in [0.1, 0.15) is 6.07 Å². The molecule has 1 aromatic carbocycles. The van der Waals surface area contributed by atoms with E-state index in [0.29, 0.717) is 17.1 Å². The summed E-state index contributed by atoms with van der Waals surface area (Å²) in [7, 11) is 3.04. The standard InChI is InChI=1S/C14H16N2O4/c1-4-20-14(17)16-9-11(8-15)10-5-6-12(18-2)13(7-10)19-3/h5-7,9H,4H2,1-3H3,(H,16,17). The number of benzene rings is 1. The number of hydrogen-bond acceptors (Lipinski definition) is 5. The fourth-order valence-electron chi connectivity index (χ4n) is 1.49. The van der Waals surface area contributed by atoms with Gasteiger partial charge in [0.05, 0.1) is 26.4 Å². The summed E-state index contributed by atoms with van der Waals surface area (Å²) in [4.78, 5) is 11.2. The van der Waals surface area contributed by atoms with Crippen molar-refractivity contribution >= 4 is 11.7 Å². The van der Waals surface area contributed by atoms with Gasteiger partial charge in [0.25, 0.3) is 0 Å². The third kappa shape index (κ3) is 3.92. The molecule has 1 amide bonds. The van der Waals surface area contributed by atoms with Crippen molar-refractivity contribution in [2.24, 2.45) is 0 Å². The number of nitriles is 1. The number of amides is 1. The van der Waals surface area contributed by atoms with Gasteiger partial charge in [-0.05, 0) is 30.7 Å². The molecule has 106 valence electrons. The zero-order chi connectivity index (χ0) is 15.0. The Hall–Kier alpha value is -2.68. The highest BCUT2D eigenvalue weighted by atomic mass is 16.5. The molecule has 0 spiro atoms. The molecule has 20 heavy (non-hydrogen) atoms. The van der Waals surface area contributed by atoms with Crippen LogP contribution < -0.4 is 14.8 Å². The molecular weight excluding hydrogens is 260 g/mol. The number of hydrogen-bond donors (Lipinski definition) is 1. The lowest BCUT2D eigenvalue weighted by Gasteiger charge is -2.09. The van der Waals surface area contributed by atoms with E-state index in [1.807, 2.05) is 6.07 Å². The summed E-state index contributed by atoms with van der Waals surface area (Å²) in [6, 6.07) is 7.03. The highest BCUT2D eigenvalue weighted by Crippen LogP contribution is 2.29. The Morgan fingerprint density at radius 1 is 1.35 bits per heavy atom. The monoisotopic (exact) mass is 276 g/mol. The molecule has 0 bridgehead atoms. The molecule has 0 radical (unpaired) electrons.